The zero-order valence-electron chi connectivity index (χ0n) is 10.5. The Bertz CT molecular complexity index is 496. The first-order valence-corrected chi connectivity index (χ1v) is 6.94. The standard InChI is InChI=1S/C13H15BrF2N2O/c1-7-6-17-3-2-12(7)18-13(19)8-4-10(15)11(16)5-9(8)14/h4-5,7,12,17H,2-3,6H2,1H3,(H,18,19). The van der Waals surface area contributed by atoms with E-state index in [-0.39, 0.29) is 22.0 Å². The largest absolute Gasteiger partial charge is 0.349 e. The quantitative estimate of drug-likeness (QED) is 0.817. The van der Waals surface area contributed by atoms with Gasteiger partial charge >= 0.3 is 0 Å². The maximum Gasteiger partial charge on any atom is 0.252 e. The molecule has 1 aliphatic rings. The fraction of sp³-hybridized carbons (Fsp3) is 0.462. The molecule has 1 aliphatic heterocycles. The molecule has 0 aromatic heterocycles. The van der Waals surface area contributed by atoms with Gasteiger partial charge in [-0.2, -0.15) is 0 Å². The Morgan fingerprint density at radius 1 is 1.42 bits per heavy atom. The third-order valence-electron chi connectivity index (χ3n) is 3.36. The van der Waals surface area contributed by atoms with Gasteiger partial charge in [0.05, 0.1) is 5.56 Å². The molecule has 1 heterocycles. The van der Waals surface area contributed by atoms with Crippen LogP contribution in [0.1, 0.15) is 23.7 Å². The molecule has 104 valence electrons. The normalized spacial score (nSPS) is 23.2. The molecule has 19 heavy (non-hydrogen) atoms. The number of carbonyl (C=O) groups is 1. The molecule has 2 rings (SSSR count). The summed E-state index contributed by atoms with van der Waals surface area (Å²) in [6.45, 7) is 3.72. The van der Waals surface area contributed by atoms with Crippen molar-refractivity contribution in [2.45, 2.75) is 19.4 Å². The number of piperidine rings is 1. The molecule has 0 bridgehead atoms. The van der Waals surface area contributed by atoms with E-state index in [0.717, 1.165) is 31.6 Å². The first kappa shape index (κ1) is 14.4. The molecule has 1 aromatic carbocycles. The minimum atomic E-state index is -1.02. The maximum absolute atomic E-state index is 13.2. The molecule has 1 aromatic rings. The monoisotopic (exact) mass is 332 g/mol. The van der Waals surface area contributed by atoms with E-state index in [0.29, 0.717) is 5.92 Å². The summed E-state index contributed by atoms with van der Waals surface area (Å²) in [5.74, 6) is -2.07. The second-order valence-electron chi connectivity index (χ2n) is 4.80. The third kappa shape index (κ3) is 3.30. The van der Waals surface area contributed by atoms with Crippen LogP contribution in [0.15, 0.2) is 16.6 Å². The lowest BCUT2D eigenvalue weighted by atomic mass is 9.95. The van der Waals surface area contributed by atoms with Gasteiger partial charge in [-0.15, -0.1) is 0 Å². The van der Waals surface area contributed by atoms with Crippen molar-refractivity contribution >= 4 is 21.8 Å². The molecule has 1 fully saturated rings. The molecule has 0 aliphatic carbocycles. The zero-order valence-corrected chi connectivity index (χ0v) is 12.1. The van der Waals surface area contributed by atoms with Crippen LogP contribution in [0, 0.1) is 17.6 Å². The number of hydrogen-bond donors (Lipinski definition) is 2. The van der Waals surface area contributed by atoms with Crippen LogP contribution < -0.4 is 10.6 Å². The number of hydrogen-bond acceptors (Lipinski definition) is 2. The molecular formula is C13H15BrF2N2O. The Morgan fingerprint density at radius 2 is 2.11 bits per heavy atom. The second-order valence-corrected chi connectivity index (χ2v) is 5.65. The van der Waals surface area contributed by atoms with Crippen molar-refractivity contribution in [3.05, 3.63) is 33.8 Å². The Hall–Kier alpha value is -1.01. The summed E-state index contributed by atoms with van der Waals surface area (Å²) in [6.07, 6.45) is 0.828. The van der Waals surface area contributed by atoms with E-state index in [1.165, 1.54) is 0 Å². The van der Waals surface area contributed by atoms with Crippen molar-refractivity contribution in [2.24, 2.45) is 5.92 Å². The molecule has 0 saturated carbocycles. The zero-order chi connectivity index (χ0) is 14.0. The van der Waals surface area contributed by atoms with E-state index >= 15 is 0 Å². The summed E-state index contributed by atoms with van der Waals surface area (Å²) < 4.78 is 26.4. The van der Waals surface area contributed by atoms with Crippen molar-refractivity contribution in [1.82, 2.24) is 10.6 Å². The SMILES string of the molecule is CC1CNCCC1NC(=O)c1cc(F)c(F)cc1Br. The van der Waals surface area contributed by atoms with Crippen molar-refractivity contribution < 1.29 is 13.6 Å². The van der Waals surface area contributed by atoms with Gasteiger partial charge in [0.25, 0.3) is 5.91 Å². The van der Waals surface area contributed by atoms with Gasteiger partial charge in [-0.05, 0) is 53.5 Å². The second kappa shape index (κ2) is 5.96. The number of carbonyl (C=O) groups excluding carboxylic acids is 1. The van der Waals surface area contributed by atoms with E-state index in [1.54, 1.807) is 0 Å². The van der Waals surface area contributed by atoms with E-state index in [2.05, 4.69) is 26.6 Å². The minimum Gasteiger partial charge on any atom is -0.349 e. The molecule has 0 spiro atoms. The van der Waals surface area contributed by atoms with Crippen LogP contribution in [-0.4, -0.2) is 25.0 Å². The number of amides is 1. The van der Waals surface area contributed by atoms with Crippen LogP contribution in [0.2, 0.25) is 0 Å². The molecule has 1 amide bonds. The van der Waals surface area contributed by atoms with Gasteiger partial charge in [0.2, 0.25) is 0 Å². The summed E-state index contributed by atoms with van der Waals surface area (Å²) in [5, 5.41) is 6.11. The maximum atomic E-state index is 13.2. The summed E-state index contributed by atoms with van der Waals surface area (Å²) >= 11 is 3.08. The fourth-order valence-electron chi connectivity index (χ4n) is 2.17. The first-order chi connectivity index (χ1) is 8.99. The average Bonchev–Trinajstić information content (AvgIpc) is 2.36. The Morgan fingerprint density at radius 3 is 2.79 bits per heavy atom. The van der Waals surface area contributed by atoms with Crippen molar-refractivity contribution in [3.63, 3.8) is 0 Å². The van der Waals surface area contributed by atoms with E-state index < -0.39 is 11.6 Å². The van der Waals surface area contributed by atoms with E-state index in [4.69, 9.17) is 0 Å². The highest BCUT2D eigenvalue weighted by atomic mass is 79.9. The van der Waals surface area contributed by atoms with Gasteiger partial charge in [-0.1, -0.05) is 6.92 Å². The molecule has 6 heteroatoms. The lowest BCUT2D eigenvalue weighted by Gasteiger charge is -2.30. The summed E-state index contributed by atoms with van der Waals surface area (Å²) in [7, 11) is 0. The van der Waals surface area contributed by atoms with Crippen molar-refractivity contribution in [1.29, 1.82) is 0 Å². The third-order valence-corrected chi connectivity index (χ3v) is 4.01. The summed E-state index contributed by atoms with van der Waals surface area (Å²) in [4.78, 5) is 12.1. The lowest BCUT2D eigenvalue weighted by Crippen LogP contribution is -2.48. The van der Waals surface area contributed by atoms with Gasteiger partial charge in [-0.3, -0.25) is 4.79 Å². The van der Waals surface area contributed by atoms with Crippen LogP contribution in [-0.2, 0) is 0 Å². The van der Waals surface area contributed by atoms with Gasteiger partial charge in [0.15, 0.2) is 11.6 Å². The van der Waals surface area contributed by atoms with Crippen molar-refractivity contribution in [2.75, 3.05) is 13.1 Å². The highest BCUT2D eigenvalue weighted by Crippen LogP contribution is 2.21. The molecule has 2 unspecified atom stereocenters. The van der Waals surface area contributed by atoms with E-state index in [9.17, 15) is 13.6 Å². The Balaban J connectivity index is 2.13. The molecule has 3 nitrogen and oxygen atoms in total. The average molecular weight is 333 g/mol. The highest BCUT2D eigenvalue weighted by Gasteiger charge is 2.24. The number of rotatable bonds is 2. The van der Waals surface area contributed by atoms with Crippen LogP contribution in [0.3, 0.4) is 0 Å². The first-order valence-electron chi connectivity index (χ1n) is 6.15. The minimum absolute atomic E-state index is 0.0498. The van der Waals surface area contributed by atoms with Crippen molar-refractivity contribution in [3.8, 4) is 0 Å². The Labute approximate surface area is 118 Å². The number of benzene rings is 1. The molecular weight excluding hydrogens is 318 g/mol. The predicted molar refractivity (Wildman–Crippen MR) is 72.0 cm³/mol. The smallest absolute Gasteiger partial charge is 0.252 e. The van der Waals surface area contributed by atoms with Gasteiger partial charge in [-0.25, -0.2) is 8.78 Å². The molecule has 2 N–H and O–H groups in total. The van der Waals surface area contributed by atoms with Gasteiger partial charge in [0, 0.05) is 10.5 Å². The van der Waals surface area contributed by atoms with Crippen LogP contribution in [0.25, 0.3) is 0 Å². The highest BCUT2D eigenvalue weighted by molar-refractivity contribution is 9.10. The van der Waals surface area contributed by atoms with Crippen LogP contribution in [0.4, 0.5) is 8.78 Å². The Kier molecular flexibility index (Phi) is 4.52. The fourth-order valence-corrected chi connectivity index (χ4v) is 2.67. The molecule has 1 saturated heterocycles. The predicted octanol–water partition coefficient (Wildman–Crippen LogP) is 2.46. The van der Waals surface area contributed by atoms with E-state index in [1.807, 2.05) is 6.92 Å². The van der Waals surface area contributed by atoms with Gasteiger partial charge < -0.3 is 10.6 Å². The van der Waals surface area contributed by atoms with Gasteiger partial charge in [0.1, 0.15) is 0 Å². The number of halogens is 3. The summed E-state index contributed by atoms with van der Waals surface area (Å²) in [6, 6.07) is 1.94. The lowest BCUT2D eigenvalue weighted by molar-refractivity contribution is 0.0913. The van der Waals surface area contributed by atoms with Crippen LogP contribution in [0.5, 0.6) is 0 Å². The summed E-state index contributed by atoms with van der Waals surface area (Å²) in [5.41, 5.74) is 0.115. The number of nitrogens with one attached hydrogen (secondary N) is 2. The molecule has 0 radical (unpaired) electrons. The topological polar surface area (TPSA) is 41.1 Å². The molecule has 2 atom stereocenters. The van der Waals surface area contributed by atoms with Crippen LogP contribution >= 0.6 is 15.9 Å².